The van der Waals surface area contributed by atoms with Gasteiger partial charge in [-0.05, 0) is 18.2 Å². The van der Waals surface area contributed by atoms with E-state index in [9.17, 15) is 4.79 Å². The summed E-state index contributed by atoms with van der Waals surface area (Å²) in [5.41, 5.74) is 0.917. The molecule has 1 aliphatic rings. The van der Waals surface area contributed by atoms with Gasteiger partial charge in [-0.25, -0.2) is 9.78 Å². The van der Waals surface area contributed by atoms with E-state index in [0.717, 1.165) is 5.69 Å². The number of amides is 2. The smallest absolute Gasteiger partial charge is 0.306 e. The predicted octanol–water partition coefficient (Wildman–Crippen LogP) is 0.667. The Labute approximate surface area is 96.6 Å². The zero-order valence-corrected chi connectivity index (χ0v) is 8.89. The third kappa shape index (κ3) is 1.61. The van der Waals surface area contributed by atoms with Crippen molar-refractivity contribution in [2.24, 2.45) is 9.98 Å². The van der Waals surface area contributed by atoms with Crippen LogP contribution in [0.4, 0.5) is 4.79 Å². The summed E-state index contributed by atoms with van der Waals surface area (Å²) in [4.78, 5) is 22.4. The maximum atomic E-state index is 10.9. The molecule has 1 aromatic carbocycles. The van der Waals surface area contributed by atoms with Crippen LogP contribution in [0, 0.1) is 0 Å². The highest BCUT2D eigenvalue weighted by molar-refractivity contribution is 5.85. The third-order valence-corrected chi connectivity index (χ3v) is 2.19. The number of imidazole rings is 1. The molecule has 0 spiro atoms. The van der Waals surface area contributed by atoms with Gasteiger partial charge in [0.25, 0.3) is 0 Å². The summed E-state index contributed by atoms with van der Waals surface area (Å²) in [5.74, 6) is 0. The van der Waals surface area contributed by atoms with E-state index in [0.29, 0.717) is 10.7 Å². The number of carbonyl (C=O) groups is 1. The molecule has 0 radical (unpaired) electrons. The minimum absolute atomic E-state index is 0. The molecule has 5 nitrogen and oxygen atoms in total. The summed E-state index contributed by atoms with van der Waals surface area (Å²) in [6, 6.07) is 5.02. The number of urea groups is 1. The Balaban J connectivity index is 0.000000963. The van der Waals surface area contributed by atoms with E-state index in [4.69, 9.17) is 0 Å². The van der Waals surface area contributed by atoms with Gasteiger partial charge in [-0.2, -0.15) is 9.98 Å². The van der Waals surface area contributed by atoms with Crippen LogP contribution < -0.4 is 10.7 Å². The highest BCUT2D eigenvalue weighted by Gasteiger charge is 2.05. The van der Waals surface area contributed by atoms with Gasteiger partial charge in [-0.15, -0.1) is 12.4 Å². The fourth-order valence-electron chi connectivity index (χ4n) is 1.50. The van der Waals surface area contributed by atoms with Crippen molar-refractivity contribution < 1.29 is 4.79 Å². The van der Waals surface area contributed by atoms with E-state index in [1.54, 1.807) is 18.6 Å². The first-order valence-corrected chi connectivity index (χ1v) is 4.43. The van der Waals surface area contributed by atoms with E-state index in [2.05, 4.69) is 15.0 Å². The van der Waals surface area contributed by atoms with Gasteiger partial charge in [0.2, 0.25) is 0 Å². The molecule has 80 valence electrons. The van der Waals surface area contributed by atoms with E-state index >= 15 is 0 Å². The number of halogens is 1. The number of hydrogen-bond acceptors (Lipinski definition) is 2. The third-order valence-electron chi connectivity index (χ3n) is 2.19. The van der Waals surface area contributed by atoms with Crippen molar-refractivity contribution in [2.75, 3.05) is 0 Å². The van der Waals surface area contributed by atoms with Crippen LogP contribution in [0.5, 0.6) is 0 Å². The second-order valence-electron chi connectivity index (χ2n) is 3.15. The molecule has 2 amide bonds. The molecule has 0 atom stereocenters. The quantitative estimate of drug-likeness (QED) is 0.728. The molecule has 16 heavy (non-hydrogen) atoms. The van der Waals surface area contributed by atoms with Gasteiger partial charge in [-0.3, -0.25) is 0 Å². The lowest BCUT2D eigenvalue weighted by atomic mass is 10.3. The second-order valence-corrected chi connectivity index (χ2v) is 3.15. The molecule has 0 bridgehead atoms. The summed E-state index contributed by atoms with van der Waals surface area (Å²) in [6.07, 6.45) is 5.21. The van der Waals surface area contributed by atoms with Gasteiger partial charge >= 0.3 is 6.03 Å². The fraction of sp³-hybridized carbons (Fsp3) is 0. The maximum absolute atomic E-state index is 10.9. The average molecular weight is 235 g/mol. The Morgan fingerprint density at radius 3 is 2.69 bits per heavy atom. The summed E-state index contributed by atoms with van der Waals surface area (Å²) in [5, 5.41) is 1.25. The van der Waals surface area contributed by atoms with Crippen LogP contribution in [0.25, 0.3) is 5.69 Å². The molecule has 0 fully saturated rings. The van der Waals surface area contributed by atoms with Gasteiger partial charge in [0.05, 0.1) is 17.0 Å². The predicted molar refractivity (Wildman–Crippen MR) is 58.5 cm³/mol. The van der Waals surface area contributed by atoms with Crippen molar-refractivity contribution in [3.8, 4) is 5.69 Å². The minimum atomic E-state index is -0.437. The summed E-state index contributed by atoms with van der Waals surface area (Å²) < 4.78 is 1.85. The number of fused-ring (bicyclic) bond motifs is 1. The maximum Gasteiger partial charge on any atom is 0.368 e. The average Bonchev–Trinajstić information content (AvgIpc) is 2.82. The molecule has 3 rings (SSSR count). The molecule has 0 saturated heterocycles. The van der Waals surface area contributed by atoms with Gasteiger partial charge in [0.15, 0.2) is 0 Å². The summed E-state index contributed by atoms with van der Waals surface area (Å²) in [6.45, 7) is 0. The monoisotopic (exact) mass is 234 g/mol. The number of hydrogen-bond donors (Lipinski definition) is 0. The van der Waals surface area contributed by atoms with Crippen molar-refractivity contribution in [3.63, 3.8) is 0 Å². The van der Waals surface area contributed by atoms with Crippen LogP contribution in [0.3, 0.4) is 0 Å². The van der Waals surface area contributed by atoms with Gasteiger partial charge in [-0.1, -0.05) is 0 Å². The fourth-order valence-corrected chi connectivity index (χ4v) is 1.50. The molecule has 0 saturated carbocycles. The highest BCUT2D eigenvalue weighted by Crippen LogP contribution is 2.01. The summed E-state index contributed by atoms with van der Waals surface area (Å²) >= 11 is 0. The first-order chi connectivity index (χ1) is 7.33. The van der Waals surface area contributed by atoms with Crippen molar-refractivity contribution in [3.05, 3.63) is 47.6 Å². The van der Waals surface area contributed by atoms with Gasteiger partial charge < -0.3 is 4.57 Å². The van der Waals surface area contributed by atoms with Crippen molar-refractivity contribution in [2.45, 2.75) is 0 Å². The molecular formula is C10H7ClN4O. The van der Waals surface area contributed by atoms with Crippen molar-refractivity contribution >= 4 is 18.4 Å². The van der Waals surface area contributed by atoms with Crippen LogP contribution in [-0.4, -0.2) is 15.6 Å². The Bertz CT molecular complexity index is 648. The highest BCUT2D eigenvalue weighted by atomic mass is 35.5. The molecular weight excluding hydrogens is 228 g/mol. The molecule has 1 aliphatic heterocycles. The van der Waals surface area contributed by atoms with Gasteiger partial charge in [0.1, 0.15) is 0 Å². The Kier molecular flexibility index (Phi) is 2.54. The van der Waals surface area contributed by atoms with Crippen LogP contribution in [0.15, 0.2) is 46.9 Å². The Morgan fingerprint density at radius 1 is 1.12 bits per heavy atom. The number of carbonyl (C=O) groups excluding carboxylic acids is 1. The lowest BCUT2D eigenvalue weighted by Gasteiger charge is -1.98. The molecule has 6 heteroatoms. The first kappa shape index (κ1) is 10.5. The van der Waals surface area contributed by atoms with Crippen LogP contribution in [0.2, 0.25) is 0 Å². The van der Waals surface area contributed by atoms with Crippen molar-refractivity contribution in [1.82, 2.24) is 9.55 Å². The SMILES string of the molecule is Cl.O=C1N=c2ccc(-n3ccnc3)cc2=N1. The largest absolute Gasteiger partial charge is 0.368 e. The number of nitrogens with zero attached hydrogens (tertiary/aromatic N) is 4. The van der Waals surface area contributed by atoms with Gasteiger partial charge in [0, 0.05) is 18.1 Å². The van der Waals surface area contributed by atoms with Crippen LogP contribution in [-0.2, 0) is 0 Å². The van der Waals surface area contributed by atoms with E-state index in [-0.39, 0.29) is 12.4 Å². The molecule has 0 aliphatic carbocycles. The topological polar surface area (TPSA) is 59.6 Å². The van der Waals surface area contributed by atoms with E-state index in [1.165, 1.54) is 0 Å². The van der Waals surface area contributed by atoms with Crippen LogP contribution >= 0.6 is 12.4 Å². The number of rotatable bonds is 1. The second kappa shape index (κ2) is 3.86. The lowest BCUT2D eigenvalue weighted by molar-refractivity contribution is 0.256. The molecule has 1 aromatic heterocycles. The van der Waals surface area contributed by atoms with E-state index in [1.807, 2.05) is 22.9 Å². The molecule has 2 heterocycles. The standard InChI is InChI=1S/C10H6N4O.ClH/c15-10-12-8-2-1-7(5-9(8)13-10)14-4-3-11-6-14;/h1-6H;1H. The Hall–Kier alpha value is -2.01. The molecule has 0 N–H and O–H groups in total. The molecule has 0 unspecified atom stereocenters. The number of benzene rings is 1. The zero-order chi connectivity index (χ0) is 10.3. The molecule has 2 aromatic rings. The zero-order valence-electron chi connectivity index (χ0n) is 8.07. The first-order valence-electron chi connectivity index (χ1n) is 4.43. The minimum Gasteiger partial charge on any atom is -0.306 e. The normalized spacial score (nSPS) is 12.4. The number of aromatic nitrogens is 2. The lowest BCUT2D eigenvalue weighted by Crippen LogP contribution is -2.21. The van der Waals surface area contributed by atoms with Crippen LogP contribution in [0.1, 0.15) is 0 Å². The van der Waals surface area contributed by atoms with E-state index < -0.39 is 6.03 Å². The Morgan fingerprint density at radius 2 is 1.94 bits per heavy atom. The summed E-state index contributed by atoms with van der Waals surface area (Å²) in [7, 11) is 0. The van der Waals surface area contributed by atoms with Crippen molar-refractivity contribution in [1.29, 1.82) is 0 Å².